The Labute approximate surface area is 118 Å². The van der Waals surface area contributed by atoms with E-state index < -0.39 is 17.8 Å². The molecule has 0 saturated heterocycles. The molecule has 1 aromatic rings. The number of rotatable bonds is 6. The number of hydrogen-bond acceptors (Lipinski definition) is 2. The topological polar surface area (TPSA) is 35.2 Å². The van der Waals surface area contributed by atoms with E-state index in [2.05, 4.69) is 0 Å². The van der Waals surface area contributed by atoms with E-state index in [4.69, 9.17) is 10.5 Å². The van der Waals surface area contributed by atoms with Crippen LogP contribution in [0.25, 0.3) is 0 Å². The predicted molar refractivity (Wildman–Crippen MR) is 73.4 cm³/mol. The number of halogens is 3. The molecule has 0 bridgehead atoms. The minimum atomic E-state index is -4.32. The van der Waals surface area contributed by atoms with Crippen LogP contribution in [-0.2, 0) is 10.9 Å². The SMILES string of the molecule is CCCC(OCC)C(N)c1ccc(C(F)(F)F)cc1C. The lowest BCUT2D eigenvalue weighted by atomic mass is 9.94. The lowest BCUT2D eigenvalue weighted by Gasteiger charge is -2.25. The molecule has 0 aliphatic carbocycles. The van der Waals surface area contributed by atoms with Gasteiger partial charge in [-0.1, -0.05) is 19.4 Å². The van der Waals surface area contributed by atoms with Crippen molar-refractivity contribution < 1.29 is 17.9 Å². The van der Waals surface area contributed by atoms with Crippen LogP contribution in [0.4, 0.5) is 13.2 Å². The van der Waals surface area contributed by atoms with Crippen LogP contribution in [0.3, 0.4) is 0 Å². The molecule has 2 N–H and O–H groups in total. The Hall–Kier alpha value is -1.07. The molecule has 0 aromatic heterocycles. The van der Waals surface area contributed by atoms with Crippen molar-refractivity contribution in [1.82, 2.24) is 0 Å². The Morgan fingerprint density at radius 2 is 1.90 bits per heavy atom. The Kier molecular flexibility index (Phi) is 6.02. The number of ether oxygens (including phenoxy) is 1. The summed E-state index contributed by atoms with van der Waals surface area (Å²) in [5.74, 6) is 0. The van der Waals surface area contributed by atoms with Gasteiger partial charge in [-0.2, -0.15) is 13.2 Å². The van der Waals surface area contributed by atoms with E-state index in [0.717, 1.165) is 25.0 Å². The number of benzene rings is 1. The highest BCUT2D eigenvalue weighted by molar-refractivity contribution is 5.35. The van der Waals surface area contributed by atoms with Gasteiger partial charge < -0.3 is 10.5 Å². The summed E-state index contributed by atoms with van der Waals surface area (Å²) >= 11 is 0. The molecule has 114 valence electrons. The maximum absolute atomic E-state index is 12.6. The fourth-order valence-electron chi connectivity index (χ4n) is 2.29. The molecule has 0 amide bonds. The van der Waals surface area contributed by atoms with Crippen LogP contribution >= 0.6 is 0 Å². The maximum Gasteiger partial charge on any atom is 0.416 e. The number of alkyl halides is 3. The van der Waals surface area contributed by atoms with Crippen LogP contribution in [0.1, 0.15) is 49.4 Å². The van der Waals surface area contributed by atoms with E-state index in [1.165, 1.54) is 6.07 Å². The molecule has 0 radical (unpaired) electrons. The summed E-state index contributed by atoms with van der Waals surface area (Å²) in [7, 11) is 0. The van der Waals surface area contributed by atoms with Crippen molar-refractivity contribution in [3.63, 3.8) is 0 Å². The highest BCUT2D eigenvalue weighted by Gasteiger charge is 2.31. The molecule has 0 saturated carbocycles. The molecule has 1 aromatic carbocycles. The van der Waals surface area contributed by atoms with Crippen molar-refractivity contribution in [1.29, 1.82) is 0 Å². The third-order valence-electron chi connectivity index (χ3n) is 3.31. The Morgan fingerprint density at radius 3 is 2.35 bits per heavy atom. The lowest BCUT2D eigenvalue weighted by molar-refractivity contribution is -0.137. The molecule has 0 aliphatic heterocycles. The van der Waals surface area contributed by atoms with Gasteiger partial charge in [0.1, 0.15) is 0 Å². The zero-order valence-corrected chi connectivity index (χ0v) is 12.1. The molecule has 0 aliphatic rings. The largest absolute Gasteiger partial charge is 0.416 e. The van der Waals surface area contributed by atoms with Gasteiger partial charge in [0, 0.05) is 6.61 Å². The van der Waals surface area contributed by atoms with Gasteiger partial charge in [-0.05, 0) is 43.5 Å². The van der Waals surface area contributed by atoms with Gasteiger partial charge in [0.2, 0.25) is 0 Å². The van der Waals surface area contributed by atoms with Crippen LogP contribution in [0.5, 0.6) is 0 Å². The monoisotopic (exact) mass is 289 g/mol. The molecule has 2 atom stereocenters. The number of hydrogen-bond donors (Lipinski definition) is 1. The van der Waals surface area contributed by atoms with Gasteiger partial charge in [0.05, 0.1) is 17.7 Å². The van der Waals surface area contributed by atoms with Gasteiger partial charge in [-0.3, -0.25) is 0 Å². The van der Waals surface area contributed by atoms with Gasteiger partial charge >= 0.3 is 6.18 Å². The first-order chi connectivity index (χ1) is 9.31. The molecule has 2 unspecified atom stereocenters. The van der Waals surface area contributed by atoms with E-state index in [0.29, 0.717) is 17.7 Å². The quantitative estimate of drug-likeness (QED) is 0.851. The van der Waals surface area contributed by atoms with E-state index in [1.54, 1.807) is 6.92 Å². The van der Waals surface area contributed by atoms with Gasteiger partial charge in [0.25, 0.3) is 0 Å². The summed E-state index contributed by atoms with van der Waals surface area (Å²) in [6.07, 6.45) is -2.79. The first-order valence-electron chi connectivity index (χ1n) is 6.86. The third kappa shape index (κ3) is 4.21. The van der Waals surface area contributed by atoms with Crippen LogP contribution in [0, 0.1) is 6.92 Å². The summed E-state index contributed by atoms with van der Waals surface area (Å²) in [6, 6.07) is 3.28. The van der Waals surface area contributed by atoms with Crippen LogP contribution in [0.15, 0.2) is 18.2 Å². The Balaban J connectivity index is 3.00. The van der Waals surface area contributed by atoms with Crippen molar-refractivity contribution in [3.8, 4) is 0 Å². The molecule has 2 nitrogen and oxygen atoms in total. The zero-order valence-electron chi connectivity index (χ0n) is 12.1. The van der Waals surface area contributed by atoms with Crippen LogP contribution in [0.2, 0.25) is 0 Å². The lowest BCUT2D eigenvalue weighted by Crippen LogP contribution is -2.29. The molecule has 1 rings (SSSR count). The highest BCUT2D eigenvalue weighted by atomic mass is 19.4. The Morgan fingerprint density at radius 1 is 1.25 bits per heavy atom. The summed E-state index contributed by atoms with van der Waals surface area (Å²) in [4.78, 5) is 0. The Bertz CT molecular complexity index is 426. The van der Waals surface area contributed by atoms with Crippen LogP contribution < -0.4 is 5.73 Å². The second-order valence-electron chi connectivity index (χ2n) is 4.88. The van der Waals surface area contributed by atoms with Crippen molar-refractivity contribution in [3.05, 3.63) is 34.9 Å². The van der Waals surface area contributed by atoms with Crippen molar-refractivity contribution in [2.45, 2.75) is 51.9 Å². The number of aryl methyl sites for hydroxylation is 1. The van der Waals surface area contributed by atoms with Crippen molar-refractivity contribution in [2.75, 3.05) is 6.61 Å². The second kappa shape index (κ2) is 7.09. The molecular formula is C15H22F3NO. The highest BCUT2D eigenvalue weighted by Crippen LogP contribution is 2.32. The molecule has 20 heavy (non-hydrogen) atoms. The normalized spacial score (nSPS) is 15.2. The third-order valence-corrected chi connectivity index (χ3v) is 3.31. The maximum atomic E-state index is 12.6. The smallest absolute Gasteiger partial charge is 0.377 e. The van der Waals surface area contributed by atoms with E-state index in [-0.39, 0.29) is 6.10 Å². The molecule has 0 heterocycles. The van der Waals surface area contributed by atoms with Crippen LogP contribution in [-0.4, -0.2) is 12.7 Å². The van der Waals surface area contributed by atoms with Crippen molar-refractivity contribution in [2.24, 2.45) is 5.73 Å². The van der Waals surface area contributed by atoms with Gasteiger partial charge in [-0.25, -0.2) is 0 Å². The fraction of sp³-hybridized carbons (Fsp3) is 0.600. The summed E-state index contributed by atoms with van der Waals surface area (Å²) in [6.45, 7) is 6.10. The van der Waals surface area contributed by atoms with Gasteiger partial charge in [-0.15, -0.1) is 0 Å². The van der Waals surface area contributed by atoms with Crippen molar-refractivity contribution >= 4 is 0 Å². The summed E-state index contributed by atoms with van der Waals surface area (Å²) < 4.78 is 43.5. The molecule has 0 fully saturated rings. The summed E-state index contributed by atoms with van der Waals surface area (Å²) in [5, 5.41) is 0. The minimum absolute atomic E-state index is 0.166. The van der Waals surface area contributed by atoms with Gasteiger partial charge in [0.15, 0.2) is 0 Å². The van der Waals surface area contributed by atoms with E-state index in [1.807, 2.05) is 13.8 Å². The fourth-order valence-corrected chi connectivity index (χ4v) is 2.29. The average molecular weight is 289 g/mol. The zero-order chi connectivity index (χ0) is 15.3. The number of nitrogens with two attached hydrogens (primary N) is 1. The molecule has 0 spiro atoms. The molecule has 5 heteroatoms. The first-order valence-corrected chi connectivity index (χ1v) is 6.86. The second-order valence-corrected chi connectivity index (χ2v) is 4.88. The predicted octanol–water partition coefficient (Wildman–Crippen LogP) is 4.22. The minimum Gasteiger partial charge on any atom is -0.377 e. The van der Waals surface area contributed by atoms with E-state index >= 15 is 0 Å². The molecular weight excluding hydrogens is 267 g/mol. The first kappa shape index (κ1) is 17.0. The summed E-state index contributed by atoms with van der Waals surface area (Å²) in [5.41, 5.74) is 6.78. The standard InChI is InChI=1S/C15H22F3NO/c1-4-6-13(20-5-2)14(19)12-8-7-11(9-10(12)3)15(16,17)18/h7-9,13-14H,4-6,19H2,1-3H3. The average Bonchev–Trinajstić information content (AvgIpc) is 2.36. The van der Waals surface area contributed by atoms with E-state index in [9.17, 15) is 13.2 Å².